The number of aromatic nitrogens is 3. The smallest absolute Gasteiger partial charge is 0.378 e. The molecule has 0 radical (unpaired) electrons. The van der Waals surface area contributed by atoms with Gasteiger partial charge in [0.2, 0.25) is 0 Å². The lowest BCUT2D eigenvalue weighted by Crippen LogP contribution is -2.15. The predicted octanol–water partition coefficient (Wildman–Crippen LogP) is 4.91. The van der Waals surface area contributed by atoms with Crippen molar-refractivity contribution in [2.24, 2.45) is 0 Å². The lowest BCUT2D eigenvalue weighted by atomic mass is 10.1. The number of benzene rings is 3. The Morgan fingerprint density at radius 1 is 0.875 bits per heavy atom. The zero-order valence-corrected chi connectivity index (χ0v) is 17.1. The Hall–Kier alpha value is -3.91. The van der Waals surface area contributed by atoms with E-state index in [0.717, 1.165) is 0 Å². The molecule has 0 fully saturated rings. The van der Waals surface area contributed by atoms with E-state index >= 15 is 0 Å². The minimum atomic E-state index is -0.920. The number of hydrogen-bond donors (Lipinski definition) is 0. The number of carbonyl (C=O) groups is 2. The van der Waals surface area contributed by atoms with E-state index in [-0.39, 0.29) is 11.6 Å². The van der Waals surface area contributed by atoms with Crippen LogP contribution >= 0.6 is 11.6 Å². The quantitative estimate of drug-likeness (QED) is 0.306. The molecular weight excluding hydrogens is 440 g/mol. The fraction of sp³-hybridized carbons (Fsp3) is 0.0435. The lowest BCUT2D eigenvalue weighted by molar-refractivity contribution is 0.0462. The number of carbonyl (C=O) groups excluding carboxylic acids is 2. The van der Waals surface area contributed by atoms with Crippen LogP contribution in [-0.2, 0) is 4.74 Å². The van der Waals surface area contributed by atoms with Crippen molar-refractivity contribution < 1.29 is 23.1 Å². The first-order valence-electron chi connectivity index (χ1n) is 9.35. The normalized spacial score (nSPS) is 10.7. The number of ether oxygens (including phenoxy) is 1. The summed E-state index contributed by atoms with van der Waals surface area (Å²) in [5, 5.41) is 4.63. The topological polar surface area (TPSA) is 74.1 Å². The molecule has 4 aromatic rings. The van der Waals surface area contributed by atoms with Crippen LogP contribution < -0.4 is 0 Å². The third kappa shape index (κ3) is 4.70. The Morgan fingerprint density at radius 2 is 1.47 bits per heavy atom. The first-order valence-corrected chi connectivity index (χ1v) is 9.73. The Balaban J connectivity index is 1.60. The molecule has 0 unspecified atom stereocenters. The average Bonchev–Trinajstić information content (AvgIpc) is 3.24. The van der Waals surface area contributed by atoms with Crippen molar-refractivity contribution in [3.8, 4) is 17.1 Å². The summed E-state index contributed by atoms with van der Waals surface area (Å²) in [5.41, 5.74) is 1.23. The number of nitrogens with zero attached hydrogens (tertiary/aromatic N) is 3. The van der Waals surface area contributed by atoms with Gasteiger partial charge in [0, 0.05) is 16.1 Å². The molecule has 0 amide bonds. The van der Waals surface area contributed by atoms with Gasteiger partial charge in [-0.3, -0.25) is 4.79 Å². The van der Waals surface area contributed by atoms with Gasteiger partial charge in [-0.1, -0.05) is 11.6 Å². The molecule has 160 valence electrons. The van der Waals surface area contributed by atoms with Crippen molar-refractivity contribution in [3.05, 3.63) is 101 Å². The maximum Gasteiger partial charge on any atom is 0.378 e. The van der Waals surface area contributed by atoms with Gasteiger partial charge >= 0.3 is 5.97 Å². The van der Waals surface area contributed by atoms with Crippen molar-refractivity contribution in [1.29, 1.82) is 0 Å². The summed E-state index contributed by atoms with van der Waals surface area (Å²) in [7, 11) is 0. The van der Waals surface area contributed by atoms with E-state index in [1.54, 1.807) is 12.1 Å². The molecule has 0 aliphatic rings. The predicted molar refractivity (Wildman–Crippen MR) is 113 cm³/mol. The first-order chi connectivity index (χ1) is 15.4. The van der Waals surface area contributed by atoms with Crippen LogP contribution in [0.25, 0.3) is 17.1 Å². The van der Waals surface area contributed by atoms with Crippen LogP contribution in [0, 0.1) is 11.6 Å². The summed E-state index contributed by atoms with van der Waals surface area (Å²) in [6.07, 6.45) is 0. The van der Waals surface area contributed by atoms with Gasteiger partial charge in [-0.15, -0.1) is 5.10 Å². The maximum atomic E-state index is 13.3. The van der Waals surface area contributed by atoms with Gasteiger partial charge in [-0.25, -0.2) is 23.2 Å². The van der Waals surface area contributed by atoms with Crippen molar-refractivity contribution >= 4 is 23.4 Å². The van der Waals surface area contributed by atoms with Crippen LogP contribution in [0.2, 0.25) is 5.02 Å². The van der Waals surface area contributed by atoms with Crippen LogP contribution in [0.4, 0.5) is 8.78 Å². The van der Waals surface area contributed by atoms with Gasteiger partial charge in [0.05, 0.1) is 5.69 Å². The van der Waals surface area contributed by atoms with Crippen LogP contribution in [-0.4, -0.2) is 33.1 Å². The molecule has 0 saturated heterocycles. The number of Topliss-reactive ketones (excluding diaryl/α,β-unsaturated/α-hetero) is 1. The molecule has 1 aromatic heterocycles. The van der Waals surface area contributed by atoms with Gasteiger partial charge in [-0.05, 0) is 72.8 Å². The van der Waals surface area contributed by atoms with Gasteiger partial charge in [0.25, 0.3) is 5.82 Å². The summed E-state index contributed by atoms with van der Waals surface area (Å²) in [5.74, 6) is -2.33. The zero-order valence-electron chi connectivity index (χ0n) is 16.3. The number of hydrogen-bond acceptors (Lipinski definition) is 5. The van der Waals surface area contributed by atoms with Crippen LogP contribution in [0.1, 0.15) is 21.0 Å². The summed E-state index contributed by atoms with van der Waals surface area (Å²) >= 11 is 5.80. The van der Waals surface area contributed by atoms with E-state index in [9.17, 15) is 18.4 Å². The van der Waals surface area contributed by atoms with Crippen molar-refractivity contribution in [3.63, 3.8) is 0 Å². The number of esters is 1. The summed E-state index contributed by atoms with van der Waals surface area (Å²) in [6, 6.07) is 16.9. The van der Waals surface area contributed by atoms with E-state index < -0.39 is 30.0 Å². The van der Waals surface area contributed by atoms with E-state index in [1.165, 1.54) is 65.3 Å². The minimum Gasteiger partial charge on any atom is -0.451 e. The molecule has 3 aromatic carbocycles. The molecule has 4 rings (SSSR count). The second-order valence-corrected chi connectivity index (χ2v) is 7.10. The van der Waals surface area contributed by atoms with Gasteiger partial charge in [0.15, 0.2) is 18.2 Å². The number of ketones is 1. The number of halogens is 3. The maximum absolute atomic E-state index is 13.3. The zero-order chi connectivity index (χ0) is 22.7. The monoisotopic (exact) mass is 453 g/mol. The molecule has 0 aliphatic carbocycles. The van der Waals surface area contributed by atoms with Gasteiger partial charge in [-0.2, -0.15) is 0 Å². The first kappa shape index (κ1) is 21.3. The molecule has 0 atom stereocenters. The summed E-state index contributed by atoms with van der Waals surface area (Å²) < 4.78 is 33.1. The third-order valence-electron chi connectivity index (χ3n) is 4.46. The molecule has 0 N–H and O–H groups in total. The molecular formula is C23H14ClF2N3O3. The Bertz CT molecular complexity index is 1210. The highest BCUT2D eigenvalue weighted by Gasteiger charge is 2.21. The standard InChI is InChI=1S/C23H14ClF2N3O3/c24-16-5-1-14(2-6-16)20(30)13-32-23(31)21-27-22(15-3-7-17(25)8-4-15)29(28-21)19-11-9-18(26)10-12-19/h1-12H,13H2. The summed E-state index contributed by atoms with van der Waals surface area (Å²) in [4.78, 5) is 29.0. The van der Waals surface area contributed by atoms with E-state index in [1.807, 2.05) is 0 Å². The Kier molecular flexibility index (Phi) is 6.04. The second-order valence-electron chi connectivity index (χ2n) is 6.66. The minimum absolute atomic E-state index is 0.215. The van der Waals surface area contributed by atoms with Gasteiger partial charge < -0.3 is 4.74 Å². The fourth-order valence-electron chi connectivity index (χ4n) is 2.86. The molecule has 1 heterocycles. The third-order valence-corrected chi connectivity index (χ3v) is 4.72. The van der Waals surface area contributed by atoms with Crippen LogP contribution in [0.3, 0.4) is 0 Å². The van der Waals surface area contributed by atoms with Crippen molar-refractivity contribution in [1.82, 2.24) is 14.8 Å². The van der Waals surface area contributed by atoms with Crippen LogP contribution in [0.15, 0.2) is 72.8 Å². The molecule has 0 aliphatic heterocycles. The van der Waals surface area contributed by atoms with Crippen molar-refractivity contribution in [2.45, 2.75) is 0 Å². The Morgan fingerprint density at radius 3 is 2.09 bits per heavy atom. The van der Waals surface area contributed by atoms with E-state index in [2.05, 4.69) is 10.1 Å². The average molecular weight is 454 g/mol. The number of rotatable bonds is 6. The highest BCUT2D eigenvalue weighted by molar-refractivity contribution is 6.30. The molecule has 0 bridgehead atoms. The summed E-state index contributed by atoms with van der Waals surface area (Å²) in [6.45, 7) is -0.516. The SMILES string of the molecule is O=C(COC(=O)c1nc(-c2ccc(F)cc2)n(-c2ccc(F)cc2)n1)c1ccc(Cl)cc1. The largest absolute Gasteiger partial charge is 0.451 e. The van der Waals surface area contributed by atoms with Crippen LogP contribution in [0.5, 0.6) is 0 Å². The second kappa shape index (κ2) is 9.07. The van der Waals surface area contributed by atoms with Crippen molar-refractivity contribution in [2.75, 3.05) is 6.61 Å². The molecule has 0 spiro atoms. The Labute approximate surface area is 186 Å². The molecule has 9 heteroatoms. The van der Waals surface area contributed by atoms with E-state index in [0.29, 0.717) is 21.8 Å². The van der Waals surface area contributed by atoms with E-state index in [4.69, 9.17) is 16.3 Å². The van der Waals surface area contributed by atoms with Gasteiger partial charge in [0.1, 0.15) is 11.6 Å². The fourth-order valence-corrected chi connectivity index (χ4v) is 2.99. The highest BCUT2D eigenvalue weighted by atomic mass is 35.5. The molecule has 6 nitrogen and oxygen atoms in total. The molecule has 0 saturated carbocycles. The highest BCUT2D eigenvalue weighted by Crippen LogP contribution is 2.22. The lowest BCUT2D eigenvalue weighted by Gasteiger charge is -2.05. The molecule has 32 heavy (non-hydrogen) atoms.